The van der Waals surface area contributed by atoms with Crippen molar-refractivity contribution >= 4 is 5.69 Å². The molecule has 1 aromatic heterocycles. The Hall–Kier alpha value is -2.03. The van der Waals surface area contributed by atoms with Crippen molar-refractivity contribution < 1.29 is 4.74 Å². The van der Waals surface area contributed by atoms with Crippen molar-refractivity contribution in [3.8, 4) is 11.6 Å². The van der Waals surface area contributed by atoms with E-state index in [0.717, 1.165) is 16.9 Å². The van der Waals surface area contributed by atoms with Gasteiger partial charge in [0, 0.05) is 6.20 Å². The zero-order valence-electron chi connectivity index (χ0n) is 11.0. The monoisotopic (exact) mass is 242 g/mol. The summed E-state index contributed by atoms with van der Waals surface area (Å²) in [7, 11) is 0. The number of pyridine rings is 1. The highest BCUT2D eigenvalue weighted by molar-refractivity contribution is 5.50. The largest absolute Gasteiger partial charge is 0.437 e. The average Bonchev–Trinajstić information content (AvgIpc) is 2.32. The van der Waals surface area contributed by atoms with Crippen LogP contribution in [0.4, 0.5) is 5.69 Å². The number of rotatable bonds is 3. The number of hydrogen-bond donors (Lipinski definition) is 1. The summed E-state index contributed by atoms with van der Waals surface area (Å²) < 4.78 is 5.85. The van der Waals surface area contributed by atoms with Gasteiger partial charge in [-0.2, -0.15) is 0 Å². The van der Waals surface area contributed by atoms with Crippen LogP contribution in [0.3, 0.4) is 0 Å². The fourth-order valence-corrected chi connectivity index (χ4v) is 1.80. The molecule has 1 heterocycles. The number of anilines is 1. The Balaban J connectivity index is 2.39. The second-order valence-electron chi connectivity index (χ2n) is 4.70. The highest BCUT2D eigenvalue weighted by Gasteiger charge is 2.10. The number of ether oxygens (including phenoxy) is 1. The minimum absolute atomic E-state index is 0.394. The van der Waals surface area contributed by atoms with Gasteiger partial charge >= 0.3 is 0 Å². The van der Waals surface area contributed by atoms with Crippen molar-refractivity contribution in [3.63, 3.8) is 0 Å². The molecule has 18 heavy (non-hydrogen) atoms. The minimum Gasteiger partial charge on any atom is -0.437 e. The lowest BCUT2D eigenvalue weighted by atomic mass is 10.0. The number of hydrogen-bond acceptors (Lipinski definition) is 3. The van der Waals surface area contributed by atoms with Crippen molar-refractivity contribution in [1.29, 1.82) is 0 Å². The van der Waals surface area contributed by atoms with Crippen molar-refractivity contribution in [2.24, 2.45) is 0 Å². The third-order valence-corrected chi connectivity index (χ3v) is 2.80. The van der Waals surface area contributed by atoms with Crippen LogP contribution >= 0.6 is 0 Å². The molecule has 2 aromatic rings. The molecule has 3 nitrogen and oxygen atoms in total. The van der Waals surface area contributed by atoms with E-state index in [0.29, 0.717) is 17.5 Å². The standard InChI is InChI=1S/C15H18N2O/c1-10(2)12-7-6-11(3)9-14(12)18-15-13(16)5-4-8-17-15/h4-10H,16H2,1-3H3. The van der Waals surface area contributed by atoms with E-state index >= 15 is 0 Å². The van der Waals surface area contributed by atoms with Crippen LogP contribution in [0.5, 0.6) is 11.6 Å². The van der Waals surface area contributed by atoms with Gasteiger partial charge in [0.2, 0.25) is 5.88 Å². The Labute approximate surface area is 108 Å². The number of nitrogen functional groups attached to an aromatic ring is 1. The summed E-state index contributed by atoms with van der Waals surface area (Å²) in [6.45, 7) is 6.32. The molecule has 3 heteroatoms. The van der Waals surface area contributed by atoms with E-state index < -0.39 is 0 Å². The molecule has 0 amide bonds. The summed E-state index contributed by atoms with van der Waals surface area (Å²) in [5.74, 6) is 1.69. The van der Waals surface area contributed by atoms with Crippen molar-refractivity contribution in [3.05, 3.63) is 47.7 Å². The van der Waals surface area contributed by atoms with Gasteiger partial charge in [0.15, 0.2) is 0 Å². The van der Waals surface area contributed by atoms with Crippen LogP contribution in [0.1, 0.15) is 30.9 Å². The zero-order valence-corrected chi connectivity index (χ0v) is 11.0. The summed E-state index contributed by atoms with van der Waals surface area (Å²) in [4.78, 5) is 4.16. The van der Waals surface area contributed by atoms with Gasteiger partial charge in [0.1, 0.15) is 5.75 Å². The first kappa shape index (κ1) is 12.4. The third kappa shape index (κ3) is 2.62. The molecule has 0 unspecified atom stereocenters. The number of aromatic nitrogens is 1. The maximum Gasteiger partial charge on any atom is 0.242 e. The third-order valence-electron chi connectivity index (χ3n) is 2.80. The smallest absolute Gasteiger partial charge is 0.242 e. The van der Waals surface area contributed by atoms with Gasteiger partial charge in [-0.25, -0.2) is 4.98 Å². The maximum absolute atomic E-state index is 5.85. The number of benzene rings is 1. The first-order valence-corrected chi connectivity index (χ1v) is 6.07. The fourth-order valence-electron chi connectivity index (χ4n) is 1.80. The van der Waals surface area contributed by atoms with Gasteiger partial charge in [-0.05, 0) is 42.2 Å². The molecule has 0 fully saturated rings. The molecular formula is C15H18N2O. The molecular weight excluding hydrogens is 224 g/mol. The van der Waals surface area contributed by atoms with Gasteiger partial charge in [0.25, 0.3) is 0 Å². The van der Waals surface area contributed by atoms with Gasteiger partial charge in [-0.3, -0.25) is 0 Å². The van der Waals surface area contributed by atoms with Crippen LogP contribution in [0.2, 0.25) is 0 Å². The first-order chi connectivity index (χ1) is 8.58. The van der Waals surface area contributed by atoms with E-state index in [1.165, 1.54) is 0 Å². The highest BCUT2D eigenvalue weighted by atomic mass is 16.5. The Morgan fingerprint density at radius 2 is 2.00 bits per heavy atom. The summed E-state index contributed by atoms with van der Waals surface area (Å²) in [5, 5.41) is 0. The molecule has 0 saturated heterocycles. The van der Waals surface area contributed by atoms with E-state index in [4.69, 9.17) is 10.5 Å². The Morgan fingerprint density at radius 3 is 2.67 bits per heavy atom. The zero-order chi connectivity index (χ0) is 13.1. The molecule has 0 aliphatic carbocycles. The second kappa shape index (κ2) is 5.08. The molecule has 0 saturated carbocycles. The van der Waals surface area contributed by atoms with Crippen molar-refractivity contribution in [2.75, 3.05) is 5.73 Å². The molecule has 0 spiro atoms. The number of nitrogens with two attached hydrogens (primary N) is 1. The van der Waals surface area contributed by atoms with Gasteiger partial charge in [-0.1, -0.05) is 26.0 Å². The first-order valence-electron chi connectivity index (χ1n) is 6.07. The SMILES string of the molecule is Cc1ccc(C(C)C)c(Oc2ncccc2N)c1. The Morgan fingerprint density at radius 1 is 1.22 bits per heavy atom. The van der Waals surface area contributed by atoms with Crippen LogP contribution in [-0.4, -0.2) is 4.98 Å². The van der Waals surface area contributed by atoms with E-state index in [2.05, 4.69) is 31.0 Å². The topological polar surface area (TPSA) is 48.1 Å². The molecule has 1 aromatic carbocycles. The number of aryl methyl sites for hydroxylation is 1. The quantitative estimate of drug-likeness (QED) is 0.888. The van der Waals surface area contributed by atoms with E-state index in [9.17, 15) is 0 Å². The van der Waals surface area contributed by atoms with Gasteiger partial charge < -0.3 is 10.5 Å². The van der Waals surface area contributed by atoms with Gasteiger partial charge in [0.05, 0.1) is 5.69 Å². The minimum atomic E-state index is 0.394. The Bertz CT molecular complexity index is 550. The van der Waals surface area contributed by atoms with Crippen molar-refractivity contribution in [2.45, 2.75) is 26.7 Å². The lowest BCUT2D eigenvalue weighted by Gasteiger charge is -2.14. The molecule has 2 N–H and O–H groups in total. The van der Waals surface area contributed by atoms with Crippen LogP contribution < -0.4 is 10.5 Å². The van der Waals surface area contributed by atoms with Gasteiger partial charge in [-0.15, -0.1) is 0 Å². The molecule has 0 atom stereocenters. The Kier molecular flexibility index (Phi) is 3.51. The summed E-state index contributed by atoms with van der Waals surface area (Å²) in [5.41, 5.74) is 8.71. The van der Waals surface area contributed by atoms with Crippen LogP contribution in [0.25, 0.3) is 0 Å². The molecule has 0 aliphatic heterocycles. The molecule has 0 bridgehead atoms. The predicted molar refractivity (Wildman–Crippen MR) is 74.0 cm³/mol. The fraction of sp³-hybridized carbons (Fsp3) is 0.267. The molecule has 0 aliphatic rings. The van der Waals surface area contributed by atoms with E-state index in [-0.39, 0.29) is 0 Å². The summed E-state index contributed by atoms with van der Waals surface area (Å²) in [6, 6.07) is 9.77. The van der Waals surface area contributed by atoms with Crippen LogP contribution in [-0.2, 0) is 0 Å². The van der Waals surface area contributed by atoms with Crippen molar-refractivity contribution in [1.82, 2.24) is 4.98 Å². The highest BCUT2D eigenvalue weighted by Crippen LogP contribution is 2.32. The molecule has 94 valence electrons. The molecule has 2 rings (SSSR count). The second-order valence-corrected chi connectivity index (χ2v) is 4.70. The summed E-state index contributed by atoms with van der Waals surface area (Å²) >= 11 is 0. The predicted octanol–water partition coefficient (Wildman–Crippen LogP) is 3.89. The maximum atomic E-state index is 5.85. The lowest BCUT2D eigenvalue weighted by molar-refractivity contribution is 0.456. The van der Waals surface area contributed by atoms with Crippen LogP contribution in [0.15, 0.2) is 36.5 Å². The normalized spacial score (nSPS) is 10.7. The number of nitrogens with zero attached hydrogens (tertiary/aromatic N) is 1. The van der Waals surface area contributed by atoms with E-state index in [1.54, 1.807) is 18.3 Å². The lowest BCUT2D eigenvalue weighted by Crippen LogP contribution is -1.98. The molecule has 0 radical (unpaired) electrons. The van der Waals surface area contributed by atoms with Crippen LogP contribution in [0, 0.1) is 6.92 Å². The van der Waals surface area contributed by atoms with E-state index in [1.807, 2.05) is 13.0 Å². The average molecular weight is 242 g/mol. The summed E-state index contributed by atoms with van der Waals surface area (Å²) in [6.07, 6.45) is 1.68.